The maximum absolute atomic E-state index is 9.25. The van der Waals surface area contributed by atoms with Gasteiger partial charge in [0.15, 0.2) is 0 Å². The van der Waals surface area contributed by atoms with Crippen molar-refractivity contribution in [3.8, 4) is 6.07 Å². The number of rotatable bonds is 2. The van der Waals surface area contributed by atoms with Crippen LogP contribution >= 0.6 is 0 Å². The van der Waals surface area contributed by atoms with E-state index >= 15 is 0 Å². The highest BCUT2D eigenvalue weighted by Crippen LogP contribution is 2.31. The minimum Gasteiger partial charge on any atom is -0.369 e. The summed E-state index contributed by atoms with van der Waals surface area (Å²) in [5.74, 6) is 0.651. The molecule has 1 aromatic carbocycles. The van der Waals surface area contributed by atoms with Crippen molar-refractivity contribution >= 4 is 16.6 Å². The van der Waals surface area contributed by atoms with Crippen molar-refractivity contribution in [1.29, 1.82) is 5.26 Å². The Hall–Kier alpha value is -2.12. The van der Waals surface area contributed by atoms with Gasteiger partial charge in [0.05, 0.1) is 11.1 Å². The van der Waals surface area contributed by atoms with E-state index in [1.54, 1.807) is 6.20 Å². The number of piperidine rings is 1. The molecule has 1 aromatic heterocycles. The summed E-state index contributed by atoms with van der Waals surface area (Å²) in [7, 11) is 2.03. The number of nitrogens with zero attached hydrogens (tertiary/aromatic N) is 3. The molecule has 0 radical (unpaired) electrons. The number of aromatic nitrogens is 1. The normalized spacial score (nSPS) is 22.2. The standard InChI is InChI=1S/C17H20N4/c1-12-8-14(19-2)11-21(10-12)16-6-5-13(9-18)17-15(16)4-3-7-20-17/h3-7,12,14,19H,8,10-11H2,1-2H3/t12-,14?/m0/s1. The van der Waals surface area contributed by atoms with E-state index in [2.05, 4.69) is 40.3 Å². The Balaban J connectivity index is 2.07. The zero-order valence-corrected chi connectivity index (χ0v) is 12.5. The molecule has 3 rings (SSSR count). The summed E-state index contributed by atoms with van der Waals surface area (Å²) < 4.78 is 0. The third kappa shape index (κ3) is 2.57. The summed E-state index contributed by atoms with van der Waals surface area (Å²) >= 11 is 0. The van der Waals surface area contributed by atoms with Crippen LogP contribution in [0.4, 0.5) is 5.69 Å². The lowest BCUT2D eigenvalue weighted by Gasteiger charge is -2.38. The van der Waals surface area contributed by atoms with Crippen LogP contribution in [0.5, 0.6) is 0 Å². The summed E-state index contributed by atoms with van der Waals surface area (Å²) in [4.78, 5) is 6.82. The minimum absolute atomic E-state index is 0.510. The van der Waals surface area contributed by atoms with Gasteiger partial charge in [-0.05, 0) is 43.7 Å². The highest BCUT2D eigenvalue weighted by molar-refractivity contribution is 5.95. The first-order chi connectivity index (χ1) is 10.2. The topological polar surface area (TPSA) is 52.0 Å². The van der Waals surface area contributed by atoms with Crippen LogP contribution in [0.25, 0.3) is 10.9 Å². The van der Waals surface area contributed by atoms with E-state index < -0.39 is 0 Å². The van der Waals surface area contributed by atoms with Crippen LogP contribution < -0.4 is 10.2 Å². The molecule has 0 saturated carbocycles. The Morgan fingerprint density at radius 2 is 2.19 bits per heavy atom. The summed E-state index contributed by atoms with van der Waals surface area (Å²) in [6, 6.07) is 10.7. The van der Waals surface area contributed by atoms with Gasteiger partial charge in [0.2, 0.25) is 0 Å². The minimum atomic E-state index is 0.510. The number of pyridine rings is 1. The van der Waals surface area contributed by atoms with Crippen molar-refractivity contribution in [2.24, 2.45) is 5.92 Å². The maximum Gasteiger partial charge on any atom is 0.101 e. The molecular weight excluding hydrogens is 260 g/mol. The number of nitrogens with one attached hydrogen (secondary N) is 1. The number of fused-ring (bicyclic) bond motifs is 1. The smallest absolute Gasteiger partial charge is 0.101 e. The second kappa shape index (κ2) is 5.71. The van der Waals surface area contributed by atoms with Crippen molar-refractivity contribution in [2.45, 2.75) is 19.4 Å². The number of nitriles is 1. The molecule has 4 heteroatoms. The number of benzene rings is 1. The molecule has 1 aliphatic heterocycles. The SMILES string of the molecule is CNC1C[C@H](C)CN(c2ccc(C#N)c3ncccc23)C1. The van der Waals surface area contributed by atoms with Crippen LogP contribution in [-0.4, -0.2) is 31.2 Å². The Morgan fingerprint density at radius 3 is 2.95 bits per heavy atom. The number of anilines is 1. The molecule has 1 fully saturated rings. The number of hydrogen-bond acceptors (Lipinski definition) is 4. The van der Waals surface area contributed by atoms with Gasteiger partial charge < -0.3 is 10.2 Å². The Bertz CT molecular complexity index is 689. The lowest BCUT2D eigenvalue weighted by Crippen LogP contribution is -2.47. The van der Waals surface area contributed by atoms with Crippen LogP contribution in [0.1, 0.15) is 18.9 Å². The highest BCUT2D eigenvalue weighted by Gasteiger charge is 2.25. The van der Waals surface area contributed by atoms with E-state index in [9.17, 15) is 5.26 Å². The Kier molecular flexibility index (Phi) is 3.76. The molecule has 2 heterocycles. The van der Waals surface area contributed by atoms with Crippen molar-refractivity contribution in [3.63, 3.8) is 0 Å². The second-order valence-electron chi connectivity index (χ2n) is 5.88. The van der Waals surface area contributed by atoms with Gasteiger partial charge in [-0.2, -0.15) is 5.26 Å². The van der Waals surface area contributed by atoms with Gasteiger partial charge in [0, 0.05) is 36.4 Å². The Labute approximate surface area is 125 Å². The summed E-state index contributed by atoms with van der Waals surface area (Å²) in [5, 5.41) is 13.7. The molecule has 1 aliphatic rings. The van der Waals surface area contributed by atoms with E-state index in [1.165, 1.54) is 12.1 Å². The average molecular weight is 280 g/mol. The van der Waals surface area contributed by atoms with Gasteiger partial charge >= 0.3 is 0 Å². The number of likely N-dealkylation sites (N-methyl/N-ethyl adjacent to an activating group) is 1. The third-order valence-electron chi connectivity index (χ3n) is 4.28. The van der Waals surface area contributed by atoms with Crippen LogP contribution in [0, 0.1) is 17.2 Å². The maximum atomic E-state index is 9.25. The van der Waals surface area contributed by atoms with E-state index in [-0.39, 0.29) is 0 Å². The molecule has 108 valence electrons. The molecule has 1 saturated heterocycles. The largest absolute Gasteiger partial charge is 0.369 e. The van der Waals surface area contributed by atoms with E-state index in [0.29, 0.717) is 17.5 Å². The van der Waals surface area contributed by atoms with Gasteiger partial charge in [-0.15, -0.1) is 0 Å². The zero-order valence-electron chi connectivity index (χ0n) is 12.5. The molecule has 1 unspecified atom stereocenters. The van der Waals surface area contributed by atoms with Gasteiger partial charge in [0.1, 0.15) is 6.07 Å². The fourth-order valence-corrected chi connectivity index (χ4v) is 3.28. The zero-order chi connectivity index (χ0) is 14.8. The average Bonchev–Trinajstić information content (AvgIpc) is 2.53. The van der Waals surface area contributed by atoms with E-state index in [4.69, 9.17) is 0 Å². The molecule has 0 bridgehead atoms. The van der Waals surface area contributed by atoms with Crippen molar-refractivity contribution in [3.05, 3.63) is 36.0 Å². The predicted molar refractivity (Wildman–Crippen MR) is 85.3 cm³/mol. The summed E-state index contributed by atoms with van der Waals surface area (Å²) in [6.07, 6.45) is 2.96. The first-order valence-corrected chi connectivity index (χ1v) is 7.43. The van der Waals surface area contributed by atoms with Crippen molar-refractivity contribution < 1.29 is 0 Å². The molecule has 2 aromatic rings. The van der Waals surface area contributed by atoms with Crippen LogP contribution in [-0.2, 0) is 0 Å². The molecular formula is C17H20N4. The van der Waals surface area contributed by atoms with Crippen LogP contribution in [0.2, 0.25) is 0 Å². The van der Waals surface area contributed by atoms with Gasteiger partial charge in [0.25, 0.3) is 0 Å². The number of hydrogen-bond donors (Lipinski definition) is 1. The fourth-order valence-electron chi connectivity index (χ4n) is 3.28. The van der Waals surface area contributed by atoms with Crippen molar-refractivity contribution in [1.82, 2.24) is 10.3 Å². The van der Waals surface area contributed by atoms with Gasteiger partial charge in [-0.3, -0.25) is 4.98 Å². The second-order valence-corrected chi connectivity index (χ2v) is 5.88. The van der Waals surface area contributed by atoms with Crippen LogP contribution in [0.3, 0.4) is 0 Å². The molecule has 4 nitrogen and oxygen atoms in total. The molecule has 21 heavy (non-hydrogen) atoms. The Morgan fingerprint density at radius 1 is 1.33 bits per heavy atom. The lowest BCUT2D eigenvalue weighted by atomic mass is 9.95. The highest BCUT2D eigenvalue weighted by atomic mass is 15.2. The predicted octanol–water partition coefficient (Wildman–Crippen LogP) is 2.54. The van der Waals surface area contributed by atoms with E-state index in [1.807, 2.05) is 19.2 Å². The van der Waals surface area contributed by atoms with Crippen LogP contribution in [0.15, 0.2) is 30.5 Å². The third-order valence-corrected chi connectivity index (χ3v) is 4.28. The molecule has 2 atom stereocenters. The molecule has 1 N–H and O–H groups in total. The summed E-state index contributed by atoms with van der Waals surface area (Å²) in [6.45, 7) is 4.34. The van der Waals surface area contributed by atoms with Gasteiger partial charge in [-0.25, -0.2) is 0 Å². The molecule has 0 amide bonds. The summed E-state index contributed by atoms with van der Waals surface area (Å²) in [5.41, 5.74) is 2.63. The first kappa shape index (κ1) is 13.8. The monoisotopic (exact) mass is 280 g/mol. The fraction of sp³-hybridized carbons (Fsp3) is 0.412. The van der Waals surface area contributed by atoms with Crippen molar-refractivity contribution in [2.75, 3.05) is 25.0 Å². The quantitative estimate of drug-likeness (QED) is 0.918. The molecule has 0 aliphatic carbocycles. The lowest BCUT2D eigenvalue weighted by molar-refractivity contribution is 0.367. The molecule has 0 spiro atoms. The first-order valence-electron chi connectivity index (χ1n) is 7.43. The van der Waals surface area contributed by atoms with E-state index in [0.717, 1.165) is 24.0 Å². The van der Waals surface area contributed by atoms with Gasteiger partial charge in [-0.1, -0.05) is 6.92 Å².